The van der Waals surface area contributed by atoms with Gasteiger partial charge >= 0.3 is 0 Å². The van der Waals surface area contributed by atoms with Crippen molar-refractivity contribution in [3.8, 4) is 0 Å². The third kappa shape index (κ3) is 19.6. The van der Waals surface area contributed by atoms with Gasteiger partial charge in [-0.2, -0.15) is 0 Å². The van der Waals surface area contributed by atoms with Crippen LogP contribution in [-0.2, 0) is 0 Å². The van der Waals surface area contributed by atoms with Crippen molar-refractivity contribution in [1.29, 1.82) is 0 Å². The molecule has 0 unspecified atom stereocenters. The minimum absolute atomic E-state index is 1.03. The SMILES string of the molecule is CCCCCCCCC=CCCCCCCCCN(N)CCC. The second-order valence-electron chi connectivity index (χ2n) is 6.97. The smallest absolute Gasteiger partial charge is 0.0128 e. The van der Waals surface area contributed by atoms with E-state index in [-0.39, 0.29) is 0 Å². The predicted octanol–water partition coefficient (Wildman–Crippen LogP) is 6.61. The number of rotatable bonds is 18. The highest BCUT2D eigenvalue weighted by Gasteiger charge is 1.96. The van der Waals surface area contributed by atoms with Crippen LogP contribution in [0.1, 0.15) is 110 Å². The molecule has 0 aliphatic rings. The first-order chi connectivity index (χ1) is 11.3. The first-order valence-corrected chi connectivity index (χ1v) is 10.5. The molecule has 0 aliphatic heterocycles. The Bertz CT molecular complexity index is 238. The number of hydrogen-bond acceptors (Lipinski definition) is 2. The molecular weight excluding hydrogens is 280 g/mol. The minimum Gasteiger partial charge on any atom is -0.269 e. The van der Waals surface area contributed by atoms with Crippen LogP contribution >= 0.6 is 0 Å². The van der Waals surface area contributed by atoms with E-state index in [4.69, 9.17) is 5.84 Å². The Kier molecular flexibility index (Phi) is 19.4. The maximum atomic E-state index is 5.87. The molecule has 0 saturated heterocycles. The summed E-state index contributed by atoms with van der Waals surface area (Å²) in [5.74, 6) is 5.87. The van der Waals surface area contributed by atoms with Crippen LogP contribution < -0.4 is 5.84 Å². The third-order valence-electron chi connectivity index (χ3n) is 4.47. The summed E-state index contributed by atoms with van der Waals surface area (Å²) < 4.78 is 0. The van der Waals surface area contributed by atoms with Gasteiger partial charge in [-0.25, -0.2) is 5.01 Å². The maximum Gasteiger partial charge on any atom is 0.0128 e. The van der Waals surface area contributed by atoms with Crippen LogP contribution in [-0.4, -0.2) is 18.1 Å². The van der Waals surface area contributed by atoms with E-state index in [9.17, 15) is 0 Å². The Morgan fingerprint density at radius 1 is 0.565 bits per heavy atom. The number of nitrogens with two attached hydrogens (primary N) is 1. The van der Waals surface area contributed by atoms with Crippen LogP contribution in [0.15, 0.2) is 12.2 Å². The minimum atomic E-state index is 1.03. The lowest BCUT2D eigenvalue weighted by Gasteiger charge is -2.14. The summed E-state index contributed by atoms with van der Waals surface area (Å²) in [7, 11) is 0. The van der Waals surface area contributed by atoms with E-state index in [1.807, 2.05) is 5.01 Å². The van der Waals surface area contributed by atoms with E-state index >= 15 is 0 Å². The molecule has 0 aromatic heterocycles. The Labute approximate surface area is 146 Å². The summed E-state index contributed by atoms with van der Waals surface area (Å²) in [6.07, 6.45) is 25.1. The van der Waals surface area contributed by atoms with Crippen LogP contribution in [0.2, 0.25) is 0 Å². The second kappa shape index (κ2) is 19.7. The lowest BCUT2D eigenvalue weighted by atomic mass is 10.1. The fraction of sp³-hybridized carbons (Fsp3) is 0.905. The van der Waals surface area contributed by atoms with E-state index < -0.39 is 0 Å². The normalized spacial score (nSPS) is 11.8. The number of unbranched alkanes of at least 4 members (excludes halogenated alkanes) is 12. The van der Waals surface area contributed by atoms with Gasteiger partial charge in [0.2, 0.25) is 0 Å². The molecule has 0 aliphatic carbocycles. The fourth-order valence-electron chi connectivity index (χ4n) is 2.96. The van der Waals surface area contributed by atoms with Crippen LogP contribution in [0, 0.1) is 0 Å². The molecule has 0 bridgehead atoms. The summed E-state index contributed by atoms with van der Waals surface area (Å²) in [6.45, 7) is 6.56. The topological polar surface area (TPSA) is 29.3 Å². The zero-order chi connectivity index (χ0) is 17.0. The lowest BCUT2D eigenvalue weighted by Crippen LogP contribution is -2.32. The molecule has 0 atom stereocenters. The molecule has 2 heteroatoms. The summed E-state index contributed by atoms with van der Waals surface area (Å²) >= 11 is 0. The summed E-state index contributed by atoms with van der Waals surface area (Å²) in [4.78, 5) is 0. The zero-order valence-electron chi connectivity index (χ0n) is 16.2. The second-order valence-corrected chi connectivity index (χ2v) is 6.97. The maximum absolute atomic E-state index is 5.87. The van der Waals surface area contributed by atoms with Gasteiger partial charge in [-0.1, -0.05) is 83.8 Å². The molecule has 0 amide bonds. The zero-order valence-corrected chi connectivity index (χ0v) is 16.2. The highest BCUT2D eigenvalue weighted by molar-refractivity contribution is 4.81. The van der Waals surface area contributed by atoms with Gasteiger partial charge in [0.05, 0.1) is 0 Å². The summed E-state index contributed by atoms with van der Waals surface area (Å²) in [5, 5.41) is 1.97. The van der Waals surface area contributed by atoms with E-state index in [0.717, 1.165) is 19.5 Å². The third-order valence-corrected chi connectivity index (χ3v) is 4.47. The van der Waals surface area contributed by atoms with Crippen molar-refractivity contribution in [1.82, 2.24) is 5.01 Å². The molecule has 0 rings (SSSR count). The quantitative estimate of drug-likeness (QED) is 0.133. The van der Waals surface area contributed by atoms with Gasteiger partial charge in [0.1, 0.15) is 0 Å². The predicted molar refractivity (Wildman–Crippen MR) is 106 cm³/mol. The van der Waals surface area contributed by atoms with E-state index in [1.165, 1.54) is 89.9 Å². The van der Waals surface area contributed by atoms with Crippen molar-refractivity contribution < 1.29 is 0 Å². The van der Waals surface area contributed by atoms with Crippen LogP contribution in [0.25, 0.3) is 0 Å². The van der Waals surface area contributed by atoms with Crippen molar-refractivity contribution in [2.24, 2.45) is 5.84 Å². The van der Waals surface area contributed by atoms with E-state index in [1.54, 1.807) is 0 Å². The molecule has 138 valence electrons. The molecule has 0 saturated carbocycles. The molecule has 2 N–H and O–H groups in total. The molecule has 0 heterocycles. The van der Waals surface area contributed by atoms with E-state index in [2.05, 4.69) is 26.0 Å². The molecule has 0 spiro atoms. The van der Waals surface area contributed by atoms with Crippen LogP contribution in [0.3, 0.4) is 0 Å². The number of allylic oxidation sites excluding steroid dienone is 2. The molecule has 0 fully saturated rings. The van der Waals surface area contributed by atoms with Crippen LogP contribution in [0.5, 0.6) is 0 Å². The summed E-state index contributed by atoms with van der Waals surface area (Å²) in [5.41, 5.74) is 0. The van der Waals surface area contributed by atoms with Gasteiger partial charge in [-0.3, -0.25) is 5.84 Å². The molecule has 0 radical (unpaired) electrons. The number of hydrazine groups is 1. The standard InChI is InChI=1S/C21H44N2/c1-3-5-6-7-8-9-10-11-12-13-14-15-16-17-18-19-21-23(22)20-4-2/h11-12H,3-10,13-22H2,1-2H3. The fourth-order valence-corrected chi connectivity index (χ4v) is 2.96. The Morgan fingerprint density at radius 2 is 1.04 bits per heavy atom. The average Bonchev–Trinajstić information content (AvgIpc) is 2.54. The monoisotopic (exact) mass is 324 g/mol. The van der Waals surface area contributed by atoms with Gasteiger partial charge in [0.25, 0.3) is 0 Å². The van der Waals surface area contributed by atoms with Crippen molar-refractivity contribution in [3.05, 3.63) is 12.2 Å². The molecule has 23 heavy (non-hydrogen) atoms. The Balaban J connectivity index is 3.10. The number of nitrogens with zero attached hydrogens (tertiary/aromatic N) is 1. The van der Waals surface area contributed by atoms with Gasteiger partial charge < -0.3 is 0 Å². The summed E-state index contributed by atoms with van der Waals surface area (Å²) in [6, 6.07) is 0. The largest absolute Gasteiger partial charge is 0.269 e. The lowest BCUT2D eigenvalue weighted by molar-refractivity contribution is 0.276. The van der Waals surface area contributed by atoms with Crippen LogP contribution in [0.4, 0.5) is 0 Å². The van der Waals surface area contributed by atoms with Gasteiger partial charge in [-0.05, 0) is 38.5 Å². The molecule has 0 aromatic rings. The number of hydrogen-bond donors (Lipinski definition) is 1. The first-order valence-electron chi connectivity index (χ1n) is 10.5. The van der Waals surface area contributed by atoms with E-state index in [0.29, 0.717) is 0 Å². The Hall–Kier alpha value is -0.340. The molecule has 0 aromatic carbocycles. The highest BCUT2D eigenvalue weighted by atomic mass is 15.4. The molecule has 2 nitrogen and oxygen atoms in total. The molecular formula is C21H44N2. The van der Waals surface area contributed by atoms with Gasteiger partial charge in [-0.15, -0.1) is 0 Å². The van der Waals surface area contributed by atoms with Crippen molar-refractivity contribution in [3.63, 3.8) is 0 Å². The van der Waals surface area contributed by atoms with Crippen molar-refractivity contribution in [2.45, 2.75) is 110 Å². The Morgan fingerprint density at radius 3 is 1.57 bits per heavy atom. The van der Waals surface area contributed by atoms with Gasteiger partial charge in [0, 0.05) is 13.1 Å². The van der Waals surface area contributed by atoms with Crippen molar-refractivity contribution >= 4 is 0 Å². The van der Waals surface area contributed by atoms with Gasteiger partial charge in [0.15, 0.2) is 0 Å². The highest BCUT2D eigenvalue weighted by Crippen LogP contribution is 2.10. The van der Waals surface area contributed by atoms with Crippen molar-refractivity contribution in [2.75, 3.05) is 13.1 Å². The average molecular weight is 325 g/mol. The first kappa shape index (κ1) is 22.7.